The number of ether oxygens (including phenoxy) is 1. The van der Waals surface area contributed by atoms with Gasteiger partial charge in [-0.05, 0) is 36.5 Å². The Morgan fingerprint density at radius 3 is 2.52 bits per heavy atom. The summed E-state index contributed by atoms with van der Waals surface area (Å²) in [5.74, 6) is -0.00858. The zero-order chi connectivity index (χ0) is 16.7. The summed E-state index contributed by atoms with van der Waals surface area (Å²) in [7, 11) is 3.48. The van der Waals surface area contributed by atoms with E-state index in [4.69, 9.17) is 17.0 Å². The first kappa shape index (κ1) is 17.7. The highest BCUT2D eigenvalue weighted by Crippen LogP contribution is 2.10. The summed E-state index contributed by atoms with van der Waals surface area (Å²) in [5, 5.41) is 6.96. The molecule has 0 atom stereocenters. The molecule has 0 radical (unpaired) electrons. The largest absolute Gasteiger partial charge is 0.370 e. The summed E-state index contributed by atoms with van der Waals surface area (Å²) < 4.78 is 5.34. The molecule has 1 aromatic carbocycles. The number of quaternary nitrogens is 1. The van der Waals surface area contributed by atoms with Crippen LogP contribution in [-0.4, -0.2) is 69.4 Å². The molecule has 1 saturated heterocycles. The zero-order valence-electron chi connectivity index (χ0n) is 13.7. The number of rotatable bonds is 5. The van der Waals surface area contributed by atoms with Crippen molar-refractivity contribution in [3.05, 3.63) is 29.8 Å². The molecule has 0 aliphatic carbocycles. The normalized spacial score (nSPS) is 15.0. The summed E-state index contributed by atoms with van der Waals surface area (Å²) in [5.41, 5.74) is 1.53. The molecule has 23 heavy (non-hydrogen) atoms. The maximum absolute atomic E-state index is 11.8. The Hall–Kier alpha value is -1.70. The highest BCUT2D eigenvalue weighted by molar-refractivity contribution is 7.80. The molecule has 1 aliphatic heterocycles. The van der Waals surface area contributed by atoms with Crippen molar-refractivity contribution in [2.75, 3.05) is 58.8 Å². The number of thiocarbonyl (C=S) groups is 1. The van der Waals surface area contributed by atoms with Crippen LogP contribution < -0.4 is 15.5 Å². The maximum atomic E-state index is 11.8. The number of morpholine rings is 1. The van der Waals surface area contributed by atoms with Gasteiger partial charge < -0.3 is 25.2 Å². The highest BCUT2D eigenvalue weighted by atomic mass is 32.1. The number of nitrogens with one attached hydrogen (secondary N) is 3. The van der Waals surface area contributed by atoms with Gasteiger partial charge in [-0.1, -0.05) is 0 Å². The van der Waals surface area contributed by atoms with E-state index in [9.17, 15) is 4.79 Å². The topological polar surface area (TPSA) is 58.0 Å². The lowest BCUT2D eigenvalue weighted by Crippen LogP contribution is -3.14. The Kier molecular flexibility index (Phi) is 6.76. The molecule has 126 valence electrons. The number of hydrogen-bond donors (Lipinski definition) is 3. The summed E-state index contributed by atoms with van der Waals surface area (Å²) in [6.07, 6.45) is 0. The predicted molar refractivity (Wildman–Crippen MR) is 95.1 cm³/mol. The van der Waals surface area contributed by atoms with Gasteiger partial charge in [0.2, 0.25) is 0 Å². The second-order valence-electron chi connectivity index (χ2n) is 5.77. The first-order valence-electron chi connectivity index (χ1n) is 7.84. The van der Waals surface area contributed by atoms with Crippen molar-refractivity contribution < 1.29 is 14.4 Å². The minimum atomic E-state index is -0.00858. The fourth-order valence-corrected chi connectivity index (χ4v) is 2.61. The van der Waals surface area contributed by atoms with E-state index in [1.807, 2.05) is 12.1 Å². The van der Waals surface area contributed by atoms with Gasteiger partial charge in [0.05, 0.1) is 26.3 Å². The third kappa shape index (κ3) is 5.78. The fraction of sp³-hybridized carbons (Fsp3) is 0.500. The van der Waals surface area contributed by atoms with Crippen molar-refractivity contribution in [1.29, 1.82) is 0 Å². The molecule has 3 N–H and O–H groups in total. The predicted octanol–water partition coefficient (Wildman–Crippen LogP) is -0.410. The van der Waals surface area contributed by atoms with E-state index >= 15 is 0 Å². The van der Waals surface area contributed by atoms with Gasteiger partial charge in [0, 0.05) is 25.3 Å². The highest BCUT2D eigenvalue weighted by Gasteiger charge is 2.13. The maximum Gasteiger partial charge on any atom is 0.253 e. The van der Waals surface area contributed by atoms with Gasteiger partial charge >= 0.3 is 0 Å². The van der Waals surface area contributed by atoms with E-state index in [0.717, 1.165) is 45.1 Å². The third-order valence-corrected chi connectivity index (χ3v) is 4.01. The van der Waals surface area contributed by atoms with E-state index in [-0.39, 0.29) is 5.91 Å². The minimum Gasteiger partial charge on any atom is -0.370 e. The third-order valence-electron chi connectivity index (χ3n) is 3.76. The molecule has 1 aromatic rings. The van der Waals surface area contributed by atoms with E-state index in [2.05, 4.69) is 10.6 Å². The Morgan fingerprint density at radius 2 is 1.91 bits per heavy atom. The van der Waals surface area contributed by atoms with Crippen molar-refractivity contribution in [3.63, 3.8) is 0 Å². The van der Waals surface area contributed by atoms with Crippen LogP contribution in [0.3, 0.4) is 0 Å². The molecule has 0 saturated carbocycles. The smallest absolute Gasteiger partial charge is 0.253 e. The second-order valence-corrected chi connectivity index (χ2v) is 6.18. The molecule has 0 bridgehead atoms. The summed E-state index contributed by atoms with van der Waals surface area (Å²) in [4.78, 5) is 14.9. The van der Waals surface area contributed by atoms with E-state index in [1.54, 1.807) is 31.1 Å². The average Bonchev–Trinajstić information content (AvgIpc) is 2.56. The molecule has 1 fully saturated rings. The molecule has 1 heterocycles. The van der Waals surface area contributed by atoms with Gasteiger partial charge in [-0.2, -0.15) is 0 Å². The molecule has 7 heteroatoms. The van der Waals surface area contributed by atoms with Crippen LogP contribution in [0.4, 0.5) is 5.69 Å². The SMILES string of the molecule is CN(C)C(=O)c1ccc(NC(=S)NCC[NH+]2CCOCC2)cc1. The van der Waals surface area contributed by atoms with Crippen LogP contribution in [0.2, 0.25) is 0 Å². The Labute approximate surface area is 142 Å². The molecule has 1 aliphatic rings. The number of carbonyl (C=O) groups excluding carboxylic acids is 1. The number of nitrogens with zero attached hydrogens (tertiary/aromatic N) is 1. The standard InChI is InChI=1S/C16H24N4O2S/c1-19(2)15(21)13-3-5-14(6-4-13)18-16(23)17-7-8-20-9-11-22-12-10-20/h3-6H,7-12H2,1-2H3,(H2,17,18,23)/p+1. The Bertz CT molecular complexity index is 527. The lowest BCUT2D eigenvalue weighted by molar-refractivity contribution is -0.906. The minimum absolute atomic E-state index is 0.00858. The molecule has 0 aromatic heterocycles. The van der Waals surface area contributed by atoms with Crippen molar-refractivity contribution in [1.82, 2.24) is 10.2 Å². The van der Waals surface area contributed by atoms with Crippen molar-refractivity contribution in [3.8, 4) is 0 Å². The molecule has 2 rings (SSSR count). The molecule has 0 spiro atoms. The number of carbonyl (C=O) groups is 1. The number of amides is 1. The first-order chi connectivity index (χ1) is 11.1. The number of benzene rings is 1. The molecular weight excluding hydrogens is 312 g/mol. The summed E-state index contributed by atoms with van der Waals surface area (Å²) >= 11 is 5.30. The van der Waals surface area contributed by atoms with Gasteiger partial charge in [0.1, 0.15) is 13.1 Å². The van der Waals surface area contributed by atoms with Crippen LogP contribution >= 0.6 is 12.2 Å². The average molecular weight is 337 g/mol. The Balaban J connectivity index is 1.73. The Morgan fingerprint density at radius 1 is 1.26 bits per heavy atom. The van der Waals surface area contributed by atoms with Crippen molar-refractivity contribution in [2.24, 2.45) is 0 Å². The monoisotopic (exact) mass is 337 g/mol. The van der Waals surface area contributed by atoms with Gasteiger partial charge in [0.25, 0.3) is 5.91 Å². The number of hydrogen-bond acceptors (Lipinski definition) is 3. The van der Waals surface area contributed by atoms with Crippen LogP contribution in [0.15, 0.2) is 24.3 Å². The van der Waals surface area contributed by atoms with E-state index in [1.165, 1.54) is 4.90 Å². The molecule has 6 nitrogen and oxygen atoms in total. The van der Waals surface area contributed by atoms with E-state index in [0.29, 0.717) is 10.7 Å². The van der Waals surface area contributed by atoms with Gasteiger partial charge in [-0.15, -0.1) is 0 Å². The van der Waals surface area contributed by atoms with Gasteiger partial charge in [0.15, 0.2) is 5.11 Å². The van der Waals surface area contributed by atoms with Gasteiger partial charge in [-0.25, -0.2) is 0 Å². The fourth-order valence-electron chi connectivity index (χ4n) is 2.39. The van der Waals surface area contributed by atoms with Crippen molar-refractivity contribution in [2.45, 2.75) is 0 Å². The van der Waals surface area contributed by atoms with Gasteiger partial charge in [-0.3, -0.25) is 4.79 Å². The first-order valence-corrected chi connectivity index (χ1v) is 8.25. The molecular formula is C16H25N4O2S+. The van der Waals surface area contributed by atoms with E-state index < -0.39 is 0 Å². The summed E-state index contributed by atoms with van der Waals surface area (Å²) in [6, 6.07) is 7.31. The van der Waals surface area contributed by atoms with Crippen LogP contribution in [0, 0.1) is 0 Å². The van der Waals surface area contributed by atoms with Crippen molar-refractivity contribution >= 4 is 28.9 Å². The van der Waals surface area contributed by atoms with Crippen LogP contribution in [-0.2, 0) is 4.74 Å². The lowest BCUT2D eigenvalue weighted by atomic mass is 10.2. The molecule has 1 amide bonds. The second kappa shape index (κ2) is 8.81. The number of anilines is 1. The lowest BCUT2D eigenvalue weighted by Gasteiger charge is -2.24. The quantitative estimate of drug-likeness (QED) is 0.638. The zero-order valence-corrected chi connectivity index (χ0v) is 14.5. The summed E-state index contributed by atoms with van der Waals surface area (Å²) in [6.45, 7) is 5.67. The van der Waals surface area contributed by atoms with Crippen LogP contribution in [0.25, 0.3) is 0 Å². The van der Waals surface area contributed by atoms with Crippen LogP contribution in [0.1, 0.15) is 10.4 Å². The molecule has 0 unspecified atom stereocenters. The van der Waals surface area contributed by atoms with Crippen LogP contribution in [0.5, 0.6) is 0 Å².